The molecule has 0 unspecified atom stereocenters. The topological polar surface area (TPSA) is 46.6 Å². The summed E-state index contributed by atoms with van der Waals surface area (Å²) in [6.45, 7) is 2.50. The number of methoxy groups -OCH3 is 1. The lowest BCUT2D eigenvalue weighted by atomic mass is 9.99. The number of hydrogen-bond acceptors (Lipinski definition) is 3. The molecule has 5 heteroatoms. The van der Waals surface area contributed by atoms with E-state index < -0.39 is 10.0 Å². The molecule has 0 atom stereocenters. The fourth-order valence-corrected chi connectivity index (χ4v) is 5.65. The van der Waals surface area contributed by atoms with Crippen LogP contribution in [0.1, 0.15) is 29.5 Å². The second kappa shape index (κ2) is 5.85. The fraction of sp³-hybridized carbons (Fsp3) is 0.400. The van der Waals surface area contributed by atoms with E-state index in [1.807, 2.05) is 25.1 Å². The van der Waals surface area contributed by atoms with Crippen LogP contribution in [-0.2, 0) is 22.9 Å². The van der Waals surface area contributed by atoms with Gasteiger partial charge in [0.1, 0.15) is 5.75 Å². The molecule has 4 rings (SSSR count). The predicted octanol–water partition coefficient (Wildman–Crippen LogP) is 3.33. The molecule has 0 amide bonds. The van der Waals surface area contributed by atoms with Crippen molar-refractivity contribution < 1.29 is 13.2 Å². The SMILES string of the molecule is COc1ccc2c(c1)CC1(CC1)N(S(=O)(=O)c1ccc(C)cc1)CC2. The number of hydrogen-bond donors (Lipinski definition) is 0. The Hall–Kier alpha value is -1.85. The minimum absolute atomic E-state index is 0.263. The van der Waals surface area contributed by atoms with Gasteiger partial charge in [0, 0.05) is 12.1 Å². The van der Waals surface area contributed by atoms with Crippen LogP contribution in [0.4, 0.5) is 0 Å². The van der Waals surface area contributed by atoms with Gasteiger partial charge in [-0.1, -0.05) is 23.8 Å². The van der Waals surface area contributed by atoms with Crippen LogP contribution < -0.4 is 4.74 Å². The molecule has 1 aliphatic carbocycles. The summed E-state index contributed by atoms with van der Waals surface area (Å²) in [5.41, 5.74) is 3.25. The Morgan fingerprint density at radius 2 is 1.76 bits per heavy atom. The zero-order valence-corrected chi connectivity index (χ0v) is 15.5. The molecule has 1 saturated carbocycles. The first-order valence-corrected chi connectivity index (χ1v) is 10.1. The number of sulfonamides is 1. The van der Waals surface area contributed by atoms with E-state index in [1.165, 1.54) is 11.1 Å². The van der Waals surface area contributed by atoms with Gasteiger partial charge in [-0.2, -0.15) is 4.31 Å². The smallest absolute Gasteiger partial charge is 0.243 e. The van der Waals surface area contributed by atoms with Crippen LogP contribution in [-0.4, -0.2) is 31.9 Å². The second-order valence-electron chi connectivity index (χ2n) is 7.18. The maximum atomic E-state index is 13.3. The molecule has 1 fully saturated rings. The summed E-state index contributed by atoms with van der Waals surface area (Å²) >= 11 is 0. The molecular formula is C20H23NO3S. The second-order valence-corrected chi connectivity index (χ2v) is 9.04. The predicted molar refractivity (Wildman–Crippen MR) is 97.4 cm³/mol. The van der Waals surface area contributed by atoms with Crippen molar-refractivity contribution >= 4 is 10.0 Å². The molecule has 25 heavy (non-hydrogen) atoms. The standard InChI is InChI=1S/C20H23NO3S/c1-15-3-7-19(8-4-15)25(22,23)21-12-9-16-5-6-18(24-2)13-17(16)14-20(21)10-11-20/h3-8,13H,9-12,14H2,1-2H3. The monoisotopic (exact) mass is 357 g/mol. The lowest BCUT2D eigenvalue weighted by molar-refractivity contribution is 0.308. The highest BCUT2D eigenvalue weighted by atomic mass is 32.2. The summed E-state index contributed by atoms with van der Waals surface area (Å²) in [6.07, 6.45) is 3.36. The maximum Gasteiger partial charge on any atom is 0.243 e. The minimum atomic E-state index is -3.48. The first-order chi connectivity index (χ1) is 11.9. The summed E-state index contributed by atoms with van der Waals surface area (Å²) in [5.74, 6) is 0.837. The van der Waals surface area contributed by atoms with Gasteiger partial charge in [0.2, 0.25) is 10.0 Å². The van der Waals surface area contributed by atoms with Crippen molar-refractivity contribution in [3.63, 3.8) is 0 Å². The van der Waals surface area contributed by atoms with Gasteiger partial charge in [-0.05, 0) is 68.0 Å². The highest BCUT2D eigenvalue weighted by molar-refractivity contribution is 7.89. The van der Waals surface area contributed by atoms with Crippen molar-refractivity contribution in [2.24, 2.45) is 0 Å². The van der Waals surface area contributed by atoms with E-state index in [4.69, 9.17) is 4.74 Å². The molecule has 0 N–H and O–H groups in total. The van der Waals surface area contributed by atoms with Crippen molar-refractivity contribution in [3.05, 3.63) is 59.2 Å². The van der Waals surface area contributed by atoms with Gasteiger partial charge in [0.15, 0.2) is 0 Å². The van der Waals surface area contributed by atoms with Crippen LogP contribution in [0.3, 0.4) is 0 Å². The summed E-state index contributed by atoms with van der Waals surface area (Å²) in [6, 6.07) is 13.3. The van der Waals surface area contributed by atoms with E-state index in [0.29, 0.717) is 11.4 Å². The van der Waals surface area contributed by atoms with Gasteiger partial charge in [-0.15, -0.1) is 0 Å². The Morgan fingerprint density at radius 1 is 1.04 bits per heavy atom. The molecule has 1 spiro atoms. The van der Waals surface area contributed by atoms with Crippen molar-refractivity contribution in [3.8, 4) is 5.75 Å². The van der Waals surface area contributed by atoms with Crippen LogP contribution in [0.25, 0.3) is 0 Å². The van der Waals surface area contributed by atoms with Gasteiger partial charge in [-0.3, -0.25) is 0 Å². The highest BCUT2D eigenvalue weighted by Gasteiger charge is 2.53. The fourth-order valence-electron chi connectivity index (χ4n) is 3.82. The Morgan fingerprint density at radius 3 is 2.40 bits per heavy atom. The molecule has 2 aliphatic rings. The number of aryl methyl sites for hydroxylation is 1. The van der Waals surface area contributed by atoms with Crippen LogP contribution in [0.2, 0.25) is 0 Å². The van der Waals surface area contributed by atoms with Gasteiger partial charge < -0.3 is 4.74 Å². The van der Waals surface area contributed by atoms with Gasteiger partial charge >= 0.3 is 0 Å². The molecule has 0 bridgehead atoms. The lowest BCUT2D eigenvalue weighted by Gasteiger charge is -2.29. The molecule has 1 heterocycles. The van der Waals surface area contributed by atoms with Gasteiger partial charge in [-0.25, -0.2) is 8.42 Å². The van der Waals surface area contributed by atoms with E-state index in [2.05, 4.69) is 12.1 Å². The lowest BCUT2D eigenvalue weighted by Crippen LogP contribution is -2.43. The first-order valence-electron chi connectivity index (χ1n) is 8.70. The molecule has 1 aliphatic heterocycles. The Bertz CT molecular complexity index is 899. The molecular weight excluding hydrogens is 334 g/mol. The summed E-state index contributed by atoms with van der Waals surface area (Å²) in [7, 11) is -1.81. The Balaban J connectivity index is 1.71. The van der Waals surface area contributed by atoms with Gasteiger partial charge in [0.25, 0.3) is 0 Å². The number of benzene rings is 2. The van der Waals surface area contributed by atoms with Crippen LogP contribution in [0.15, 0.2) is 47.4 Å². The van der Waals surface area contributed by atoms with Crippen molar-refractivity contribution in [1.29, 1.82) is 0 Å². The average Bonchev–Trinajstić information content (AvgIpc) is 3.38. The van der Waals surface area contributed by atoms with E-state index in [0.717, 1.165) is 37.0 Å². The van der Waals surface area contributed by atoms with Crippen molar-refractivity contribution in [2.75, 3.05) is 13.7 Å². The third-order valence-electron chi connectivity index (χ3n) is 5.48. The van der Waals surface area contributed by atoms with Crippen LogP contribution in [0.5, 0.6) is 5.75 Å². The highest BCUT2D eigenvalue weighted by Crippen LogP contribution is 2.49. The molecule has 2 aromatic carbocycles. The quantitative estimate of drug-likeness (QED) is 0.846. The van der Waals surface area contributed by atoms with Crippen molar-refractivity contribution in [2.45, 2.75) is 43.0 Å². The third-order valence-corrected chi connectivity index (χ3v) is 7.50. The molecule has 0 aromatic heterocycles. The van der Waals surface area contributed by atoms with Crippen LogP contribution in [0, 0.1) is 6.92 Å². The molecule has 132 valence electrons. The third kappa shape index (κ3) is 2.85. The Kier molecular flexibility index (Phi) is 3.89. The largest absolute Gasteiger partial charge is 0.497 e. The number of rotatable bonds is 3. The zero-order chi connectivity index (χ0) is 17.7. The van der Waals surface area contributed by atoms with E-state index >= 15 is 0 Å². The first kappa shape index (κ1) is 16.6. The Labute approximate surface area is 149 Å². The molecule has 4 nitrogen and oxygen atoms in total. The summed E-state index contributed by atoms with van der Waals surface area (Å²) < 4.78 is 33.7. The number of ether oxygens (including phenoxy) is 1. The van der Waals surface area contributed by atoms with E-state index in [-0.39, 0.29) is 5.54 Å². The maximum absolute atomic E-state index is 13.3. The minimum Gasteiger partial charge on any atom is -0.497 e. The van der Waals surface area contributed by atoms with Crippen LogP contribution >= 0.6 is 0 Å². The zero-order valence-electron chi connectivity index (χ0n) is 14.7. The van der Waals surface area contributed by atoms with Gasteiger partial charge in [0.05, 0.1) is 12.0 Å². The van der Waals surface area contributed by atoms with E-state index in [9.17, 15) is 8.42 Å². The number of fused-ring (bicyclic) bond motifs is 1. The summed E-state index contributed by atoms with van der Waals surface area (Å²) in [5, 5.41) is 0. The molecule has 0 saturated heterocycles. The normalized spacial score (nSPS) is 19.3. The van der Waals surface area contributed by atoms with E-state index in [1.54, 1.807) is 23.5 Å². The van der Waals surface area contributed by atoms with Crippen molar-refractivity contribution in [1.82, 2.24) is 4.31 Å². The summed E-state index contributed by atoms with van der Waals surface area (Å²) in [4.78, 5) is 0.396. The average molecular weight is 357 g/mol. The molecule has 2 aromatic rings. The number of nitrogens with zero attached hydrogens (tertiary/aromatic N) is 1. The molecule has 0 radical (unpaired) electrons.